The van der Waals surface area contributed by atoms with Gasteiger partial charge in [0, 0.05) is 18.5 Å². The Labute approximate surface area is 130 Å². The van der Waals surface area contributed by atoms with E-state index in [9.17, 15) is 13.2 Å². The zero-order valence-corrected chi connectivity index (χ0v) is 13.4. The fourth-order valence-electron chi connectivity index (χ4n) is 1.97. The number of carbonyl (C=O) groups is 1. The molecule has 0 bridgehead atoms. The number of nitrogens with one attached hydrogen (secondary N) is 2. The van der Waals surface area contributed by atoms with Crippen LogP contribution in [-0.4, -0.2) is 41.1 Å². The Hall–Kier alpha value is -2.13. The average Bonchev–Trinajstić information content (AvgIpc) is 3.10. The van der Waals surface area contributed by atoms with E-state index in [0.717, 1.165) is 10.2 Å². The van der Waals surface area contributed by atoms with Crippen molar-refractivity contribution in [2.24, 2.45) is 0 Å². The van der Waals surface area contributed by atoms with Crippen molar-refractivity contribution in [3.63, 3.8) is 0 Å². The lowest BCUT2D eigenvalue weighted by molar-refractivity contribution is 0.102. The molecule has 0 aliphatic rings. The second kappa shape index (κ2) is 5.58. The Morgan fingerprint density at radius 2 is 2.27 bits per heavy atom. The third-order valence-electron chi connectivity index (χ3n) is 3.06. The summed E-state index contributed by atoms with van der Waals surface area (Å²) in [4.78, 5) is 15.2. The number of carbonyl (C=O) groups excluding carboxylic acids is 1. The maximum atomic E-state index is 12.1. The van der Waals surface area contributed by atoms with Crippen molar-refractivity contribution in [3.05, 3.63) is 35.5 Å². The third-order valence-corrected chi connectivity index (χ3v) is 4.85. The molecule has 0 fully saturated rings. The summed E-state index contributed by atoms with van der Waals surface area (Å²) in [6.07, 6.45) is 2.81. The van der Waals surface area contributed by atoms with Gasteiger partial charge in [-0.1, -0.05) is 0 Å². The first-order valence-corrected chi connectivity index (χ1v) is 9.43. The van der Waals surface area contributed by atoms with Crippen LogP contribution in [0.2, 0.25) is 0 Å². The Bertz CT molecular complexity index is 892. The number of thiophene rings is 1. The van der Waals surface area contributed by atoms with Crippen LogP contribution < -0.4 is 5.32 Å². The lowest BCUT2D eigenvalue weighted by Crippen LogP contribution is -2.14. The minimum atomic E-state index is -3.04. The molecule has 1 amide bonds. The first-order chi connectivity index (χ1) is 10.4. The second-order valence-corrected chi connectivity index (χ2v) is 8.14. The minimum Gasteiger partial charge on any atom is -0.350 e. The van der Waals surface area contributed by atoms with E-state index >= 15 is 0 Å². The molecule has 3 rings (SSSR count). The summed E-state index contributed by atoms with van der Waals surface area (Å²) in [5.41, 5.74) is 1.39. The number of nitrogens with zero attached hydrogens (tertiary/aromatic N) is 2. The van der Waals surface area contributed by atoms with Crippen LogP contribution in [0.1, 0.15) is 10.5 Å². The van der Waals surface area contributed by atoms with Crippen LogP contribution in [-0.2, 0) is 16.4 Å². The van der Waals surface area contributed by atoms with Gasteiger partial charge >= 0.3 is 0 Å². The van der Waals surface area contributed by atoms with E-state index in [1.54, 1.807) is 29.7 Å². The number of rotatable bonds is 5. The van der Waals surface area contributed by atoms with E-state index < -0.39 is 9.84 Å². The molecule has 116 valence electrons. The summed E-state index contributed by atoms with van der Waals surface area (Å²) in [5.74, 6) is 0.114. The van der Waals surface area contributed by atoms with E-state index in [0.29, 0.717) is 11.5 Å². The van der Waals surface area contributed by atoms with E-state index in [1.165, 1.54) is 10.9 Å². The maximum absolute atomic E-state index is 12.1. The molecule has 0 saturated carbocycles. The summed E-state index contributed by atoms with van der Waals surface area (Å²) >= 11 is 1.56. The Morgan fingerprint density at radius 1 is 1.45 bits per heavy atom. The van der Waals surface area contributed by atoms with Gasteiger partial charge in [0.2, 0.25) is 0 Å². The number of fused-ring (bicyclic) bond motifs is 1. The number of sulfone groups is 1. The molecule has 7 nitrogen and oxygen atoms in total. The normalized spacial score (nSPS) is 11.9. The summed E-state index contributed by atoms with van der Waals surface area (Å²) in [7, 11) is -3.04. The summed E-state index contributed by atoms with van der Waals surface area (Å²) in [5, 5.41) is 8.76. The van der Waals surface area contributed by atoms with Gasteiger partial charge < -0.3 is 10.3 Å². The Morgan fingerprint density at radius 3 is 3.00 bits per heavy atom. The van der Waals surface area contributed by atoms with Gasteiger partial charge in [-0.2, -0.15) is 5.10 Å². The molecule has 3 aromatic heterocycles. The van der Waals surface area contributed by atoms with Crippen molar-refractivity contribution < 1.29 is 13.2 Å². The molecule has 2 N–H and O–H groups in total. The molecular formula is C13H14N4O3S2. The molecule has 0 unspecified atom stereocenters. The number of H-pyrrole nitrogens is 1. The van der Waals surface area contributed by atoms with Gasteiger partial charge in [-0.3, -0.25) is 9.48 Å². The predicted octanol–water partition coefficient (Wildman–Crippen LogP) is 1.72. The van der Waals surface area contributed by atoms with Gasteiger partial charge in [0.15, 0.2) is 5.82 Å². The fourth-order valence-corrected chi connectivity index (χ4v) is 3.27. The van der Waals surface area contributed by atoms with Crippen LogP contribution in [0.5, 0.6) is 0 Å². The topological polar surface area (TPSA) is 96.9 Å². The molecular weight excluding hydrogens is 324 g/mol. The lowest BCUT2D eigenvalue weighted by Gasteiger charge is -2.01. The summed E-state index contributed by atoms with van der Waals surface area (Å²) < 4.78 is 24.7. The maximum Gasteiger partial charge on any atom is 0.273 e. The van der Waals surface area contributed by atoms with Crippen LogP contribution in [0.3, 0.4) is 0 Å². The number of aryl methyl sites for hydroxylation is 1. The first-order valence-electron chi connectivity index (χ1n) is 6.49. The lowest BCUT2D eigenvalue weighted by atomic mass is 10.4. The van der Waals surface area contributed by atoms with Crippen LogP contribution in [0.15, 0.2) is 29.8 Å². The molecule has 3 aromatic rings. The second-order valence-electron chi connectivity index (χ2n) is 4.93. The smallest absolute Gasteiger partial charge is 0.273 e. The highest BCUT2D eigenvalue weighted by Gasteiger charge is 2.12. The van der Waals surface area contributed by atoms with E-state index in [1.807, 2.05) is 11.4 Å². The largest absolute Gasteiger partial charge is 0.350 e. The van der Waals surface area contributed by atoms with Crippen molar-refractivity contribution in [1.29, 1.82) is 0 Å². The molecule has 0 spiro atoms. The van der Waals surface area contributed by atoms with E-state index in [2.05, 4.69) is 15.4 Å². The van der Waals surface area contributed by atoms with Gasteiger partial charge in [0.25, 0.3) is 5.91 Å². The van der Waals surface area contributed by atoms with Crippen LogP contribution in [0.4, 0.5) is 5.82 Å². The summed E-state index contributed by atoms with van der Waals surface area (Å²) in [6, 6.07) is 5.33. The average molecular weight is 338 g/mol. The molecule has 9 heteroatoms. The van der Waals surface area contributed by atoms with Crippen molar-refractivity contribution in [3.8, 4) is 0 Å². The third kappa shape index (κ3) is 3.37. The first kappa shape index (κ1) is 14.8. The molecule has 0 atom stereocenters. The molecule has 3 heterocycles. The van der Waals surface area contributed by atoms with Gasteiger partial charge in [-0.15, -0.1) is 11.3 Å². The van der Waals surface area contributed by atoms with Crippen LogP contribution in [0.25, 0.3) is 10.2 Å². The highest BCUT2D eigenvalue weighted by Crippen LogP contribution is 2.21. The van der Waals surface area contributed by atoms with Crippen molar-refractivity contribution in [2.75, 3.05) is 17.3 Å². The Kier molecular flexibility index (Phi) is 3.75. The Balaban J connectivity index is 1.66. The molecule has 0 aromatic carbocycles. The number of anilines is 1. The van der Waals surface area contributed by atoms with Gasteiger partial charge in [-0.25, -0.2) is 8.42 Å². The molecule has 0 aliphatic carbocycles. The fraction of sp³-hybridized carbons (Fsp3) is 0.231. The SMILES string of the molecule is CS(=O)(=O)CCn1ccc(NC(=O)c2cc3sccc3[nH]2)n1. The predicted molar refractivity (Wildman–Crippen MR) is 86.1 cm³/mol. The number of amides is 1. The van der Waals surface area contributed by atoms with E-state index in [-0.39, 0.29) is 18.2 Å². The molecule has 0 radical (unpaired) electrons. The van der Waals surface area contributed by atoms with Crippen molar-refractivity contribution >= 4 is 43.1 Å². The monoisotopic (exact) mass is 338 g/mol. The highest BCUT2D eigenvalue weighted by molar-refractivity contribution is 7.90. The minimum absolute atomic E-state index is 0.00890. The standard InChI is InChI=1S/C13H14N4O3S2/c1-22(19,20)7-5-17-4-2-12(16-17)15-13(18)10-8-11-9(14-10)3-6-21-11/h2-4,6,8,14H,5,7H2,1H3,(H,15,16,18). The number of hydrogen-bond acceptors (Lipinski definition) is 5. The van der Waals surface area contributed by atoms with Gasteiger partial charge in [0.05, 0.1) is 22.5 Å². The number of aromatic amines is 1. The number of hydrogen-bond donors (Lipinski definition) is 2. The van der Waals surface area contributed by atoms with Gasteiger partial charge in [-0.05, 0) is 17.5 Å². The number of aromatic nitrogens is 3. The van der Waals surface area contributed by atoms with Crippen molar-refractivity contribution in [1.82, 2.24) is 14.8 Å². The zero-order chi connectivity index (χ0) is 15.7. The van der Waals surface area contributed by atoms with Crippen molar-refractivity contribution in [2.45, 2.75) is 6.54 Å². The van der Waals surface area contributed by atoms with Gasteiger partial charge in [0.1, 0.15) is 15.5 Å². The van der Waals surface area contributed by atoms with E-state index in [4.69, 9.17) is 0 Å². The highest BCUT2D eigenvalue weighted by atomic mass is 32.2. The molecule has 22 heavy (non-hydrogen) atoms. The van der Waals surface area contributed by atoms with Crippen LogP contribution >= 0.6 is 11.3 Å². The molecule has 0 saturated heterocycles. The zero-order valence-electron chi connectivity index (χ0n) is 11.7. The summed E-state index contributed by atoms with van der Waals surface area (Å²) in [6.45, 7) is 0.257. The van der Waals surface area contributed by atoms with Crippen LogP contribution in [0, 0.1) is 0 Å². The molecule has 0 aliphatic heterocycles. The quantitative estimate of drug-likeness (QED) is 0.740.